The second kappa shape index (κ2) is 5.72. The fourth-order valence-electron chi connectivity index (χ4n) is 5.41. The maximum Gasteiger partial charge on any atom is 0.0482 e. The molecule has 0 radical (unpaired) electrons. The van der Waals surface area contributed by atoms with Gasteiger partial charge in [0.2, 0.25) is 0 Å². The monoisotopic (exact) mass is 284 g/mol. The van der Waals surface area contributed by atoms with Gasteiger partial charge in [-0.2, -0.15) is 0 Å². The molecular formula is C19H28N2. The van der Waals surface area contributed by atoms with E-state index >= 15 is 0 Å². The second-order valence-electron chi connectivity index (χ2n) is 7.65. The van der Waals surface area contributed by atoms with E-state index in [1.807, 2.05) is 6.20 Å². The second-order valence-corrected chi connectivity index (χ2v) is 7.65. The van der Waals surface area contributed by atoms with Crippen molar-refractivity contribution in [2.45, 2.75) is 69.7 Å². The molecule has 1 heterocycles. The van der Waals surface area contributed by atoms with Gasteiger partial charge in [-0.1, -0.05) is 31.7 Å². The van der Waals surface area contributed by atoms with E-state index in [0.29, 0.717) is 12.0 Å². The number of nitrogens with two attached hydrogens (primary N) is 1. The van der Waals surface area contributed by atoms with Crippen LogP contribution in [0.5, 0.6) is 0 Å². The van der Waals surface area contributed by atoms with Crippen LogP contribution in [0.4, 0.5) is 0 Å². The third kappa shape index (κ3) is 2.52. The Morgan fingerprint density at radius 2 is 1.90 bits per heavy atom. The van der Waals surface area contributed by atoms with Gasteiger partial charge in [-0.25, -0.2) is 0 Å². The molecule has 1 aromatic rings. The van der Waals surface area contributed by atoms with E-state index in [1.165, 1.54) is 69.0 Å². The van der Waals surface area contributed by atoms with Crippen molar-refractivity contribution in [3.8, 4) is 0 Å². The molecule has 0 amide bonds. The molecule has 114 valence electrons. The summed E-state index contributed by atoms with van der Waals surface area (Å²) < 4.78 is 0. The topological polar surface area (TPSA) is 38.9 Å². The first-order chi connectivity index (χ1) is 10.3. The first-order valence-electron chi connectivity index (χ1n) is 9.02. The lowest BCUT2D eigenvalue weighted by Crippen LogP contribution is -2.41. The van der Waals surface area contributed by atoms with Crippen LogP contribution >= 0.6 is 0 Å². The first kappa shape index (κ1) is 13.8. The molecule has 5 unspecified atom stereocenters. The van der Waals surface area contributed by atoms with Crippen LogP contribution in [-0.4, -0.2) is 11.0 Å². The van der Waals surface area contributed by atoms with Crippen molar-refractivity contribution >= 4 is 0 Å². The third-order valence-electron chi connectivity index (χ3n) is 6.59. The molecule has 2 fully saturated rings. The summed E-state index contributed by atoms with van der Waals surface area (Å²) in [4.78, 5) is 4.66. The average molecular weight is 284 g/mol. The van der Waals surface area contributed by atoms with Gasteiger partial charge >= 0.3 is 0 Å². The zero-order chi connectivity index (χ0) is 14.2. The van der Waals surface area contributed by atoms with Crippen molar-refractivity contribution in [1.82, 2.24) is 4.98 Å². The lowest BCUT2D eigenvalue weighted by Gasteiger charge is -2.42. The van der Waals surface area contributed by atoms with Crippen LogP contribution in [0.1, 0.15) is 68.5 Å². The summed E-state index contributed by atoms with van der Waals surface area (Å²) in [5.41, 5.74) is 9.51. The Morgan fingerprint density at radius 3 is 2.81 bits per heavy atom. The van der Waals surface area contributed by atoms with Crippen molar-refractivity contribution < 1.29 is 0 Å². The Bertz CT molecular complexity index is 498. The van der Waals surface area contributed by atoms with Gasteiger partial charge in [0.1, 0.15) is 0 Å². The molecule has 2 N–H and O–H groups in total. The van der Waals surface area contributed by atoms with Gasteiger partial charge in [0.25, 0.3) is 0 Å². The Labute approximate surface area is 128 Å². The largest absolute Gasteiger partial charge is 0.327 e. The van der Waals surface area contributed by atoms with E-state index in [4.69, 9.17) is 5.73 Å². The number of hydrogen-bond donors (Lipinski definition) is 1. The Morgan fingerprint density at radius 1 is 1.05 bits per heavy atom. The van der Waals surface area contributed by atoms with E-state index in [9.17, 15) is 0 Å². The van der Waals surface area contributed by atoms with E-state index in [2.05, 4.69) is 17.1 Å². The molecule has 4 rings (SSSR count). The van der Waals surface area contributed by atoms with Crippen LogP contribution < -0.4 is 5.73 Å². The summed E-state index contributed by atoms with van der Waals surface area (Å²) in [5, 5.41) is 0. The van der Waals surface area contributed by atoms with Crippen LogP contribution in [0.15, 0.2) is 18.3 Å². The highest BCUT2D eigenvalue weighted by atomic mass is 14.8. The Balaban J connectivity index is 1.47. The Hall–Kier alpha value is -0.890. The van der Waals surface area contributed by atoms with Gasteiger partial charge in [0.15, 0.2) is 0 Å². The molecule has 0 aromatic carbocycles. The highest BCUT2D eigenvalue weighted by molar-refractivity contribution is 5.30. The number of fused-ring (bicyclic) bond motifs is 2. The number of hydrogen-bond acceptors (Lipinski definition) is 2. The summed E-state index contributed by atoms with van der Waals surface area (Å²) >= 11 is 0. The minimum Gasteiger partial charge on any atom is -0.327 e. The standard InChI is InChI=1S/C19H28N2/c20-18(17-10-9-14-6-3-11-21-19(14)17)16-8-7-13-4-1-2-5-15(13)12-16/h3,6,11,13,15-18H,1-2,4-5,7-10,12,20H2. The highest BCUT2D eigenvalue weighted by Gasteiger charge is 2.38. The zero-order valence-corrected chi connectivity index (χ0v) is 13.0. The minimum absolute atomic E-state index is 0.337. The number of aromatic nitrogens is 1. The van der Waals surface area contributed by atoms with Gasteiger partial charge in [-0.05, 0) is 61.5 Å². The van der Waals surface area contributed by atoms with Crippen LogP contribution in [0.25, 0.3) is 0 Å². The van der Waals surface area contributed by atoms with Crippen LogP contribution in [0, 0.1) is 17.8 Å². The SMILES string of the molecule is NC(C1CCC2CCCCC2C1)C1CCc2cccnc21. The minimum atomic E-state index is 0.337. The quantitative estimate of drug-likeness (QED) is 0.890. The van der Waals surface area contributed by atoms with Gasteiger partial charge in [-0.3, -0.25) is 4.98 Å². The summed E-state index contributed by atoms with van der Waals surface area (Å²) in [6.45, 7) is 0. The van der Waals surface area contributed by atoms with Crippen molar-refractivity contribution in [2.75, 3.05) is 0 Å². The summed E-state index contributed by atoms with van der Waals surface area (Å²) in [7, 11) is 0. The maximum atomic E-state index is 6.75. The number of aryl methyl sites for hydroxylation is 1. The van der Waals surface area contributed by atoms with Crippen LogP contribution in [0.3, 0.4) is 0 Å². The average Bonchev–Trinajstić information content (AvgIpc) is 2.98. The van der Waals surface area contributed by atoms with Crippen molar-refractivity contribution in [2.24, 2.45) is 23.5 Å². The molecule has 3 aliphatic carbocycles. The summed E-state index contributed by atoms with van der Waals surface area (Å²) in [5.74, 6) is 3.26. The number of pyridine rings is 1. The molecular weight excluding hydrogens is 256 g/mol. The predicted octanol–water partition coefficient (Wildman–Crippen LogP) is 4.05. The molecule has 2 saturated carbocycles. The van der Waals surface area contributed by atoms with E-state index in [0.717, 1.165) is 17.8 Å². The first-order valence-corrected chi connectivity index (χ1v) is 9.02. The van der Waals surface area contributed by atoms with Crippen LogP contribution in [-0.2, 0) is 6.42 Å². The van der Waals surface area contributed by atoms with Crippen LogP contribution in [0.2, 0.25) is 0 Å². The maximum absolute atomic E-state index is 6.75. The molecule has 2 nitrogen and oxygen atoms in total. The fourth-order valence-corrected chi connectivity index (χ4v) is 5.41. The highest BCUT2D eigenvalue weighted by Crippen LogP contribution is 2.46. The fraction of sp³-hybridized carbons (Fsp3) is 0.737. The smallest absolute Gasteiger partial charge is 0.0482 e. The normalized spacial score (nSPS) is 36.8. The molecule has 5 atom stereocenters. The number of nitrogens with zero attached hydrogens (tertiary/aromatic N) is 1. The molecule has 3 aliphatic rings. The van der Waals surface area contributed by atoms with Gasteiger partial charge < -0.3 is 5.73 Å². The molecule has 2 heteroatoms. The van der Waals surface area contributed by atoms with E-state index < -0.39 is 0 Å². The Kier molecular flexibility index (Phi) is 3.74. The lowest BCUT2D eigenvalue weighted by atomic mass is 9.65. The molecule has 0 aliphatic heterocycles. The predicted molar refractivity (Wildman–Crippen MR) is 86.1 cm³/mol. The van der Waals surface area contributed by atoms with E-state index in [1.54, 1.807) is 0 Å². The molecule has 21 heavy (non-hydrogen) atoms. The third-order valence-corrected chi connectivity index (χ3v) is 6.59. The van der Waals surface area contributed by atoms with Gasteiger partial charge in [0, 0.05) is 23.9 Å². The van der Waals surface area contributed by atoms with Crippen molar-refractivity contribution in [1.29, 1.82) is 0 Å². The summed E-state index contributed by atoms with van der Waals surface area (Å²) in [6.07, 6.45) is 14.4. The molecule has 0 spiro atoms. The lowest BCUT2D eigenvalue weighted by molar-refractivity contribution is 0.111. The molecule has 0 saturated heterocycles. The molecule has 0 bridgehead atoms. The van der Waals surface area contributed by atoms with Gasteiger partial charge in [-0.15, -0.1) is 0 Å². The summed E-state index contributed by atoms with van der Waals surface area (Å²) in [6, 6.07) is 4.65. The zero-order valence-electron chi connectivity index (χ0n) is 13.0. The van der Waals surface area contributed by atoms with E-state index in [-0.39, 0.29) is 0 Å². The number of rotatable bonds is 2. The molecule has 1 aromatic heterocycles. The van der Waals surface area contributed by atoms with Crippen molar-refractivity contribution in [3.63, 3.8) is 0 Å². The van der Waals surface area contributed by atoms with Gasteiger partial charge in [0.05, 0.1) is 0 Å². The van der Waals surface area contributed by atoms with Crippen molar-refractivity contribution in [3.05, 3.63) is 29.6 Å².